The lowest BCUT2D eigenvalue weighted by atomic mass is 10.0. The summed E-state index contributed by atoms with van der Waals surface area (Å²) in [7, 11) is 0. The summed E-state index contributed by atoms with van der Waals surface area (Å²) in [5.41, 5.74) is 1.10. The van der Waals surface area contributed by atoms with E-state index in [2.05, 4.69) is 16.3 Å². The zero-order valence-electron chi connectivity index (χ0n) is 13.0. The number of hydrogen-bond acceptors (Lipinski definition) is 3. The lowest BCUT2D eigenvalue weighted by Gasteiger charge is -2.35. The number of piperidine rings is 1. The molecule has 1 aromatic carbocycles. The van der Waals surface area contributed by atoms with Crippen molar-refractivity contribution in [3.63, 3.8) is 0 Å². The fourth-order valence-corrected chi connectivity index (χ4v) is 4.00. The molecule has 5 heteroatoms. The van der Waals surface area contributed by atoms with Crippen LogP contribution in [0.25, 0.3) is 0 Å². The van der Waals surface area contributed by atoms with Gasteiger partial charge in [0.1, 0.15) is 0 Å². The van der Waals surface area contributed by atoms with Crippen molar-refractivity contribution in [2.24, 2.45) is 0 Å². The molecule has 0 spiro atoms. The molecule has 1 aliphatic heterocycles. The molecule has 1 N–H and O–H groups in total. The van der Waals surface area contributed by atoms with Crippen LogP contribution in [0, 0.1) is 0 Å². The normalized spacial score (nSPS) is 16.9. The summed E-state index contributed by atoms with van der Waals surface area (Å²) in [6.07, 6.45) is 3.70. The molecule has 0 radical (unpaired) electrons. The van der Waals surface area contributed by atoms with E-state index in [0.717, 1.165) is 28.6 Å². The van der Waals surface area contributed by atoms with Gasteiger partial charge in [-0.05, 0) is 49.0 Å². The Labute approximate surface area is 146 Å². The van der Waals surface area contributed by atoms with Gasteiger partial charge in [-0.2, -0.15) is 0 Å². The van der Waals surface area contributed by atoms with Gasteiger partial charge in [0.05, 0.1) is 10.9 Å². The smallest absolute Gasteiger partial charge is 0.261 e. The monoisotopic (exact) mass is 348 g/mol. The van der Waals surface area contributed by atoms with E-state index in [0.29, 0.717) is 6.54 Å². The molecule has 0 aliphatic carbocycles. The zero-order chi connectivity index (χ0) is 16.1. The highest BCUT2D eigenvalue weighted by molar-refractivity contribution is 7.12. The minimum atomic E-state index is -0.00550. The van der Waals surface area contributed by atoms with E-state index in [-0.39, 0.29) is 11.9 Å². The second kappa shape index (κ2) is 7.95. The van der Waals surface area contributed by atoms with Crippen LogP contribution in [0.3, 0.4) is 0 Å². The number of carbonyl (C=O) groups is 1. The molecule has 0 bridgehead atoms. The Balaban J connectivity index is 1.75. The molecule has 1 aliphatic rings. The first kappa shape index (κ1) is 16.5. The first-order valence-electron chi connectivity index (χ1n) is 8.06. The lowest BCUT2D eigenvalue weighted by molar-refractivity contribution is 0.0928. The van der Waals surface area contributed by atoms with Crippen LogP contribution in [0.4, 0.5) is 0 Å². The van der Waals surface area contributed by atoms with Crippen molar-refractivity contribution in [2.45, 2.75) is 25.3 Å². The number of rotatable bonds is 5. The van der Waals surface area contributed by atoms with Crippen molar-refractivity contribution >= 4 is 28.8 Å². The Morgan fingerprint density at radius 2 is 1.96 bits per heavy atom. The third-order valence-electron chi connectivity index (χ3n) is 4.30. The average molecular weight is 349 g/mol. The SMILES string of the molecule is O=C(NC[C@@H](c1ccccc1Cl)N1CCCCC1)c1cccs1. The molecular weight excluding hydrogens is 328 g/mol. The Morgan fingerprint density at radius 3 is 2.65 bits per heavy atom. The maximum Gasteiger partial charge on any atom is 0.261 e. The maximum atomic E-state index is 12.3. The first-order chi connectivity index (χ1) is 11.3. The van der Waals surface area contributed by atoms with Crippen LogP contribution >= 0.6 is 22.9 Å². The molecule has 1 atom stereocenters. The predicted octanol–water partition coefficient (Wildman–Crippen LogP) is 4.36. The van der Waals surface area contributed by atoms with Gasteiger partial charge in [-0.15, -0.1) is 11.3 Å². The second-order valence-electron chi connectivity index (χ2n) is 5.82. The first-order valence-corrected chi connectivity index (χ1v) is 9.31. The Hall–Kier alpha value is -1.36. The second-order valence-corrected chi connectivity index (χ2v) is 7.18. The predicted molar refractivity (Wildman–Crippen MR) is 96.3 cm³/mol. The largest absolute Gasteiger partial charge is 0.349 e. The molecule has 1 saturated heterocycles. The molecule has 2 heterocycles. The van der Waals surface area contributed by atoms with E-state index in [1.165, 1.54) is 30.6 Å². The van der Waals surface area contributed by atoms with Gasteiger partial charge in [0.15, 0.2) is 0 Å². The van der Waals surface area contributed by atoms with Crippen LogP contribution in [0.2, 0.25) is 5.02 Å². The van der Waals surface area contributed by atoms with Crippen LogP contribution in [0.15, 0.2) is 41.8 Å². The van der Waals surface area contributed by atoms with Crippen LogP contribution in [-0.2, 0) is 0 Å². The minimum absolute atomic E-state index is 0.00550. The van der Waals surface area contributed by atoms with Gasteiger partial charge in [-0.3, -0.25) is 9.69 Å². The Bertz CT molecular complexity index is 638. The molecule has 0 unspecified atom stereocenters. The van der Waals surface area contributed by atoms with Crippen LogP contribution in [0.5, 0.6) is 0 Å². The molecule has 2 aromatic rings. The number of thiophene rings is 1. The van der Waals surface area contributed by atoms with Gasteiger partial charge in [0.25, 0.3) is 5.91 Å². The van der Waals surface area contributed by atoms with Crippen molar-refractivity contribution in [3.8, 4) is 0 Å². The fraction of sp³-hybridized carbons (Fsp3) is 0.389. The van der Waals surface area contributed by atoms with E-state index < -0.39 is 0 Å². The summed E-state index contributed by atoms with van der Waals surface area (Å²) >= 11 is 7.88. The van der Waals surface area contributed by atoms with Gasteiger partial charge in [-0.1, -0.05) is 42.3 Å². The molecule has 1 aromatic heterocycles. The topological polar surface area (TPSA) is 32.3 Å². The standard InChI is InChI=1S/C18H21ClN2OS/c19-15-8-3-2-7-14(15)16(21-10-4-1-5-11-21)13-20-18(22)17-9-6-12-23-17/h2-3,6-9,12,16H,1,4-5,10-11,13H2,(H,20,22)/t16-/m0/s1. The third-order valence-corrected chi connectivity index (χ3v) is 5.51. The van der Waals surface area contributed by atoms with Crippen LogP contribution < -0.4 is 5.32 Å². The molecule has 1 fully saturated rings. The lowest BCUT2D eigenvalue weighted by Crippen LogP contribution is -2.40. The van der Waals surface area contributed by atoms with Gasteiger partial charge in [-0.25, -0.2) is 0 Å². The number of amides is 1. The summed E-state index contributed by atoms with van der Waals surface area (Å²) in [5.74, 6) is -0.00550. The van der Waals surface area contributed by atoms with Crippen molar-refractivity contribution < 1.29 is 4.79 Å². The molecular formula is C18H21ClN2OS. The van der Waals surface area contributed by atoms with Crippen molar-refractivity contribution in [3.05, 3.63) is 57.2 Å². The zero-order valence-corrected chi connectivity index (χ0v) is 14.6. The Kier molecular flexibility index (Phi) is 5.70. The summed E-state index contributed by atoms with van der Waals surface area (Å²) in [6, 6.07) is 11.8. The fourth-order valence-electron chi connectivity index (χ4n) is 3.10. The summed E-state index contributed by atoms with van der Waals surface area (Å²) < 4.78 is 0. The van der Waals surface area contributed by atoms with Gasteiger partial charge in [0.2, 0.25) is 0 Å². The van der Waals surface area contributed by atoms with Gasteiger partial charge in [0, 0.05) is 11.6 Å². The number of nitrogens with zero attached hydrogens (tertiary/aromatic N) is 1. The number of carbonyl (C=O) groups excluding carboxylic acids is 1. The minimum Gasteiger partial charge on any atom is -0.349 e. The van der Waals surface area contributed by atoms with Crippen molar-refractivity contribution in [2.75, 3.05) is 19.6 Å². The Morgan fingerprint density at radius 1 is 1.17 bits per heavy atom. The van der Waals surface area contributed by atoms with Crippen molar-refractivity contribution in [1.82, 2.24) is 10.2 Å². The van der Waals surface area contributed by atoms with E-state index in [1.54, 1.807) is 0 Å². The average Bonchev–Trinajstić information content (AvgIpc) is 3.12. The highest BCUT2D eigenvalue weighted by atomic mass is 35.5. The summed E-state index contributed by atoms with van der Waals surface area (Å²) in [6.45, 7) is 2.70. The van der Waals surface area contributed by atoms with Crippen LogP contribution in [0.1, 0.15) is 40.5 Å². The highest BCUT2D eigenvalue weighted by Gasteiger charge is 2.24. The molecule has 3 rings (SSSR count). The maximum absolute atomic E-state index is 12.3. The van der Waals surface area contributed by atoms with Gasteiger partial charge >= 0.3 is 0 Å². The van der Waals surface area contributed by atoms with Crippen LogP contribution in [-0.4, -0.2) is 30.4 Å². The summed E-state index contributed by atoms with van der Waals surface area (Å²) in [5, 5.41) is 5.77. The quantitative estimate of drug-likeness (QED) is 0.870. The number of benzene rings is 1. The number of halogens is 1. The number of nitrogens with one attached hydrogen (secondary N) is 1. The van der Waals surface area contributed by atoms with E-state index in [9.17, 15) is 4.79 Å². The molecule has 3 nitrogen and oxygen atoms in total. The third kappa shape index (κ3) is 4.14. The van der Waals surface area contributed by atoms with Crippen molar-refractivity contribution in [1.29, 1.82) is 0 Å². The van der Waals surface area contributed by atoms with E-state index >= 15 is 0 Å². The molecule has 1 amide bonds. The van der Waals surface area contributed by atoms with E-state index in [4.69, 9.17) is 11.6 Å². The molecule has 0 saturated carbocycles. The number of likely N-dealkylation sites (tertiary alicyclic amines) is 1. The van der Waals surface area contributed by atoms with Gasteiger partial charge < -0.3 is 5.32 Å². The molecule has 122 valence electrons. The number of hydrogen-bond donors (Lipinski definition) is 1. The highest BCUT2D eigenvalue weighted by Crippen LogP contribution is 2.29. The summed E-state index contributed by atoms with van der Waals surface area (Å²) in [4.78, 5) is 15.5. The van der Waals surface area contributed by atoms with E-state index in [1.807, 2.05) is 35.7 Å². The molecule has 23 heavy (non-hydrogen) atoms.